The number of nitrogens with one attached hydrogen (secondary N) is 1. The van der Waals surface area contributed by atoms with Crippen molar-refractivity contribution in [3.05, 3.63) is 68.6 Å². The topological polar surface area (TPSA) is 68.0 Å². The molecule has 5 nitrogen and oxygen atoms in total. The van der Waals surface area contributed by atoms with Crippen LogP contribution in [0.3, 0.4) is 0 Å². The molecule has 0 spiro atoms. The first-order chi connectivity index (χ1) is 10.3. The van der Waals surface area contributed by atoms with Crippen molar-refractivity contribution in [3.63, 3.8) is 0 Å². The van der Waals surface area contributed by atoms with Crippen LogP contribution >= 0.6 is 0 Å². The molecule has 3 aromatic rings. The fraction of sp³-hybridized carbons (Fsp3) is 0.143. The number of rotatable bonds is 2. The predicted molar refractivity (Wildman–Crippen MR) is 71.6 cm³/mol. The SMILES string of the molecule is O=c1[nH]c2c(=O)n(Cc3cccc(C(F)(F)F)c3)ccc2o1. The van der Waals surface area contributed by atoms with Crippen molar-refractivity contribution in [1.29, 1.82) is 0 Å². The summed E-state index contributed by atoms with van der Waals surface area (Å²) < 4.78 is 44.0. The minimum Gasteiger partial charge on any atom is -0.408 e. The lowest BCUT2D eigenvalue weighted by Gasteiger charge is -2.10. The highest BCUT2D eigenvalue weighted by Crippen LogP contribution is 2.29. The van der Waals surface area contributed by atoms with Gasteiger partial charge in [0, 0.05) is 6.20 Å². The number of pyridine rings is 1. The number of oxazole rings is 1. The van der Waals surface area contributed by atoms with Gasteiger partial charge in [0.1, 0.15) is 0 Å². The molecule has 0 fully saturated rings. The number of H-pyrrole nitrogens is 1. The van der Waals surface area contributed by atoms with Crippen molar-refractivity contribution in [3.8, 4) is 0 Å². The number of alkyl halides is 3. The monoisotopic (exact) mass is 310 g/mol. The summed E-state index contributed by atoms with van der Waals surface area (Å²) in [7, 11) is 0. The van der Waals surface area contributed by atoms with Crippen molar-refractivity contribution in [1.82, 2.24) is 9.55 Å². The van der Waals surface area contributed by atoms with E-state index in [1.165, 1.54) is 29.0 Å². The molecule has 0 radical (unpaired) electrons. The smallest absolute Gasteiger partial charge is 0.408 e. The number of fused-ring (bicyclic) bond motifs is 1. The average molecular weight is 310 g/mol. The van der Waals surface area contributed by atoms with Gasteiger partial charge in [0.05, 0.1) is 12.1 Å². The molecule has 0 aliphatic carbocycles. The second-order valence-corrected chi connectivity index (χ2v) is 4.70. The third-order valence-corrected chi connectivity index (χ3v) is 3.16. The van der Waals surface area contributed by atoms with Crippen molar-refractivity contribution < 1.29 is 17.6 Å². The van der Waals surface area contributed by atoms with Crippen LogP contribution in [0.15, 0.2) is 50.5 Å². The maximum atomic E-state index is 12.7. The fourth-order valence-corrected chi connectivity index (χ4v) is 2.15. The molecular weight excluding hydrogens is 301 g/mol. The van der Waals surface area contributed by atoms with E-state index in [9.17, 15) is 22.8 Å². The fourth-order valence-electron chi connectivity index (χ4n) is 2.15. The first kappa shape index (κ1) is 14.2. The molecule has 2 aromatic heterocycles. The van der Waals surface area contributed by atoms with Gasteiger partial charge in [0.25, 0.3) is 5.56 Å². The van der Waals surface area contributed by atoms with Crippen molar-refractivity contribution >= 4 is 11.1 Å². The molecule has 1 N–H and O–H groups in total. The molecule has 0 aliphatic heterocycles. The second-order valence-electron chi connectivity index (χ2n) is 4.70. The molecule has 2 heterocycles. The number of aromatic amines is 1. The van der Waals surface area contributed by atoms with Gasteiger partial charge >= 0.3 is 11.9 Å². The Balaban J connectivity index is 2.02. The zero-order valence-electron chi connectivity index (χ0n) is 11.0. The average Bonchev–Trinajstić information content (AvgIpc) is 2.83. The number of benzene rings is 1. The molecule has 0 aliphatic rings. The first-order valence-electron chi connectivity index (χ1n) is 6.23. The number of halogens is 3. The normalized spacial score (nSPS) is 12.0. The molecule has 3 rings (SSSR count). The molecular formula is C14H9F3N2O3. The van der Waals surface area contributed by atoms with Gasteiger partial charge in [-0.05, 0) is 23.8 Å². The van der Waals surface area contributed by atoms with Crippen LogP contribution in [0.5, 0.6) is 0 Å². The Morgan fingerprint density at radius 1 is 1.18 bits per heavy atom. The number of hydrogen-bond donors (Lipinski definition) is 1. The van der Waals surface area contributed by atoms with E-state index in [1.807, 2.05) is 0 Å². The highest BCUT2D eigenvalue weighted by molar-refractivity contribution is 5.70. The Hall–Kier alpha value is -2.77. The summed E-state index contributed by atoms with van der Waals surface area (Å²) in [6, 6.07) is 6.12. The van der Waals surface area contributed by atoms with Gasteiger partial charge in [-0.25, -0.2) is 4.79 Å². The van der Waals surface area contributed by atoms with Crippen LogP contribution in [0.2, 0.25) is 0 Å². The Labute approximate surface area is 120 Å². The van der Waals surface area contributed by atoms with Gasteiger partial charge in [-0.2, -0.15) is 13.2 Å². The number of nitrogens with zero attached hydrogens (tertiary/aromatic N) is 1. The van der Waals surface area contributed by atoms with Crippen LogP contribution in [0.25, 0.3) is 11.1 Å². The van der Waals surface area contributed by atoms with E-state index in [-0.39, 0.29) is 17.6 Å². The van der Waals surface area contributed by atoms with Gasteiger partial charge in [0.2, 0.25) is 0 Å². The molecule has 0 amide bonds. The molecule has 0 saturated heterocycles. The van der Waals surface area contributed by atoms with E-state index in [2.05, 4.69) is 4.98 Å². The third kappa shape index (κ3) is 2.54. The molecule has 0 atom stereocenters. The molecule has 0 bridgehead atoms. The van der Waals surface area contributed by atoms with Crippen LogP contribution in [-0.2, 0) is 12.7 Å². The summed E-state index contributed by atoms with van der Waals surface area (Å²) in [4.78, 5) is 25.5. The van der Waals surface area contributed by atoms with Crippen molar-refractivity contribution in [2.45, 2.75) is 12.7 Å². The zero-order valence-corrected chi connectivity index (χ0v) is 11.0. The van der Waals surface area contributed by atoms with E-state index < -0.39 is 23.1 Å². The maximum Gasteiger partial charge on any atom is 0.417 e. The van der Waals surface area contributed by atoms with Crippen LogP contribution in [0, 0.1) is 0 Å². The standard InChI is InChI=1S/C14H9F3N2O3/c15-14(16,17)9-3-1-2-8(6-9)7-19-5-4-10-11(12(19)20)18-13(21)22-10/h1-6H,7H2,(H,18,21). The molecule has 1 aromatic carbocycles. The lowest BCUT2D eigenvalue weighted by atomic mass is 10.1. The van der Waals surface area contributed by atoms with Crippen LogP contribution < -0.4 is 11.3 Å². The minimum absolute atomic E-state index is 0.0144. The van der Waals surface area contributed by atoms with Crippen LogP contribution in [0.4, 0.5) is 13.2 Å². The summed E-state index contributed by atoms with van der Waals surface area (Å²) in [5.74, 6) is -0.760. The van der Waals surface area contributed by atoms with Gasteiger partial charge in [-0.1, -0.05) is 12.1 Å². The van der Waals surface area contributed by atoms with Gasteiger partial charge in [-0.3, -0.25) is 9.78 Å². The minimum atomic E-state index is -4.44. The van der Waals surface area contributed by atoms with E-state index in [4.69, 9.17) is 4.42 Å². The van der Waals surface area contributed by atoms with Crippen molar-refractivity contribution in [2.24, 2.45) is 0 Å². The Morgan fingerprint density at radius 2 is 1.95 bits per heavy atom. The highest BCUT2D eigenvalue weighted by atomic mass is 19.4. The van der Waals surface area contributed by atoms with Gasteiger partial charge < -0.3 is 8.98 Å². The maximum absolute atomic E-state index is 12.7. The largest absolute Gasteiger partial charge is 0.417 e. The van der Waals surface area contributed by atoms with E-state index in [0.717, 1.165) is 12.1 Å². The Bertz CT molecular complexity index is 950. The number of hydrogen-bond acceptors (Lipinski definition) is 3. The lowest BCUT2D eigenvalue weighted by molar-refractivity contribution is -0.137. The molecule has 8 heteroatoms. The summed E-state index contributed by atoms with van der Waals surface area (Å²) in [6.07, 6.45) is -3.08. The summed E-state index contributed by atoms with van der Waals surface area (Å²) in [6.45, 7) is -0.0497. The van der Waals surface area contributed by atoms with E-state index >= 15 is 0 Å². The zero-order chi connectivity index (χ0) is 15.9. The Morgan fingerprint density at radius 3 is 2.68 bits per heavy atom. The summed E-state index contributed by atoms with van der Waals surface area (Å²) in [5.41, 5.74) is -0.909. The van der Waals surface area contributed by atoms with Crippen LogP contribution in [-0.4, -0.2) is 9.55 Å². The first-order valence-corrected chi connectivity index (χ1v) is 6.23. The van der Waals surface area contributed by atoms with Gasteiger partial charge in [0.15, 0.2) is 11.1 Å². The number of aromatic nitrogens is 2. The van der Waals surface area contributed by atoms with Gasteiger partial charge in [-0.15, -0.1) is 0 Å². The molecule has 114 valence electrons. The highest BCUT2D eigenvalue weighted by Gasteiger charge is 2.30. The Kier molecular flexibility index (Phi) is 3.16. The van der Waals surface area contributed by atoms with E-state index in [0.29, 0.717) is 5.56 Å². The van der Waals surface area contributed by atoms with E-state index in [1.54, 1.807) is 0 Å². The lowest BCUT2D eigenvalue weighted by Crippen LogP contribution is -2.20. The third-order valence-electron chi connectivity index (χ3n) is 3.16. The summed E-state index contributed by atoms with van der Waals surface area (Å²) in [5, 5.41) is 0. The predicted octanol–water partition coefficient (Wildman–Crippen LogP) is 2.35. The molecule has 0 saturated carbocycles. The van der Waals surface area contributed by atoms with Crippen LogP contribution in [0.1, 0.15) is 11.1 Å². The molecule has 0 unspecified atom stereocenters. The summed E-state index contributed by atoms with van der Waals surface area (Å²) >= 11 is 0. The second kappa shape index (κ2) is 4.90. The quantitative estimate of drug-likeness (QED) is 0.790. The van der Waals surface area contributed by atoms with Crippen molar-refractivity contribution in [2.75, 3.05) is 0 Å². The molecule has 22 heavy (non-hydrogen) atoms.